The maximum Gasteiger partial charge on any atom is 0.0820 e. The molecule has 0 fully saturated rings. The van der Waals surface area contributed by atoms with Gasteiger partial charge >= 0.3 is 0 Å². The highest BCUT2D eigenvalue weighted by Crippen LogP contribution is 2.19. The maximum absolute atomic E-state index is 6.02. The van der Waals surface area contributed by atoms with E-state index in [1.54, 1.807) is 12.4 Å². The minimum atomic E-state index is 0.636. The predicted molar refractivity (Wildman–Crippen MR) is 75.8 cm³/mol. The van der Waals surface area contributed by atoms with E-state index >= 15 is 0 Å². The van der Waals surface area contributed by atoms with Crippen molar-refractivity contribution in [1.82, 2.24) is 4.98 Å². The number of benzene rings is 1. The van der Waals surface area contributed by atoms with Gasteiger partial charge < -0.3 is 11.1 Å². The molecule has 18 heavy (non-hydrogen) atoms. The fourth-order valence-electron chi connectivity index (χ4n) is 1.71. The lowest BCUT2D eigenvalue weighted by molar-refractivity contribution is 0.966. The normalized spacial score (nSPS) is 10.3. The number of hydrogen-bond acceptors (Lipinski definition) is 3. The number of anilines is 1. The van der Waals surface area contributed by atoms with Gasteiger partial charge in [-0.2, -0.15) is 0 Å². The van der Waals surface area contributed by atoms with Crippen molar-refractivity contribution in [3.05, 3.63) is 58.9 Å². The Hall–Kier alpha value is -1.58. The molecule has 0 atom stereocenters. The predicted octanol–water partition coefficient (Wildman–Crippen LogP) is 2.85. The summed E-state index contributed by atoms with van der Waals surface area (Å²) < 4.78 is 0. The van der Waals surface area contributed by atoms with E-state index in [0.717, 1.165) is 18.7 Å². The zero-order chi connectivity index (χ0) is 12.8. The molecule has 3 nitrogen and oxygen atoms in total. The van der Waals surface area contributed by atoms with Crippen LogP contribution in [0.1, 0.15) is 11.1 Å². The molecule has 2 aromatic rings. The lowest BCUT2D eigenvalue weighted by Crippen LogP contribution is -2.03. The van der Waals surface area contributed by atoms with E-state index < -0.39 is 0 Å². The number of pyridine rings is 1. The average Bonchev–Trinajstić information content (AvgIpc) is 2.40. The molecule has 0 unspecified atom stereocenters. The Bertz CT molecular complexity index is 497. The molecule has 0 bridgehead atoms. The number of nitrogens with one attached hydrogen (secondary N) is 1. The molecule has 0 aliphatic heterocycles. The summed E-state index contributed by atoms with van der Waals surface area (Å²) in [7, 11) is 0. The largest absolute Gasteiger partial charge is 0.380 e. The van der Waals surface area contributed by atoms with E-state index in [9.17, 15) is 0 Å². The molecule has 1 aromatic carbocycles. The van der Waals surface area contributed by atoms with Gasteiger partial charge in [0.2, 0.25) is 0 Å². The Morgan fingerprint density at radius 3 is 2.50 bits per heavy atom. The van der Waals surface area contributed by atoms with E-state index in [-0.39, 0.29) is 0 Å². The SMILES string of the molecule is NCCc1ccc(CNc2ccncc2Cl)cc1. The van der Waals surface area contributed by atoms with Crippen LogP contribution in [0.3, 0.4) is 0 Å². The van der Waals surface area contributed by atoms with Gasteiger partial charge in [0.25, 0.3) is 0 Å². The fraction of sp³-hybridized carbons (Fsp3) is 0.214. The quantitative estimate of drug-likeness (QED) is 0.870. The molecule has 94 valence electrons. The number of aromatic nitrogens is 1. The smallest absolute Gasteiger partial charge is 0.0820 e. The number of nitrogens with zero attached hydrogens (tertiary/aromatic N) is 1. The molecule has 0 saturated heterocycles. The van der Waals surface area contributed by atoms with Gasteiger partial charge in [-0.25, -0.2) is 0 Å². The van der Waals surface area contributed by atoms with Gasteiger partial charge in [0.05, 0.1) is 10.7 Å². The average molecular weight is 262 g/mol. The summed E-state index contributed by atoms with van der Waals surface area (Å²) in [6, 6.07) is 10.3. The summed E-state index contributed by atoms with van der Waals surface area (Å²) in [6.45, 7) is 1.43. The Morgan fingerprint density at radius 1 is 1.11 bits per heavy atom. The lowest BCUT2D eigenvalue weighted by Gasteiger charge is -2.08. The van der Waals surface area contributed by atoms with Crippen molar-refractivity contribution in [2.45, 2.75) is 13.0 Å². The topological polar surface area (TPSA) is 50.9 Å². The highest BCUT2D eigenvalue weighted by molar-refractivity contribution is 6.33. The molecule has 0 radical (unpaired) electrons. The van der Waals surface area contributed by atoms with Crippen LogP contribution in [0.5, 0.6) is 0 Å². The minimum absolute atomic E-state index is 0.636. The summed E-state index contributed by atoms with van der Waals surface area (Å²) in [6.07, 6.45) is 4.27. The lowest BCUT2D eigenvalue weighted by atomic mass is 10.1. The van der Waals surface area contributed by atoms with Crippen LogP contribution in [0.2, 0.25) is 5.02 Å². The Labute approximate surface area is 112 Å². The molecule has 0 aliphatic rings. The zero-order valence-electron chi connectivity index (χ0n) is 10.1. The monoisotopic (exact) mass is 261 g/mol. The van der Waals surface area contributed by atoms with Crippen LogP contribution in [0.25, 0.3) is 0 Å². The van der Waals surface area contributed by atoms with E-state index in [1.807, 2.05) is 6.07 Å². The molecule has 0 amide bonds. The second-order valence-corrected chi connectivity index (χ2v) is 4.47. The van der Waals surface area contributed by atoms with Crippen LogP contribution in [0.4, 0.5) is 5.69 Å². The fourth-order valence-corrected chi connectivity index (χ4v) is 1.89. The van der Waals surface area contributed by atoms with Gasteiger partial charge in [0.1, 0.15) is 0 Å². The molecular weight excluding hydrogens is 246 g/mol. The number of nitrogens with two attached hydrogens (primary N) is 1. The molecule has 0 spiro atoms. The van der Waals surface area contributed by atoms with Crippen LogP contribution in [-0.2, 0) is 13.0 Å². The van der Waals surface area contributed by atoms with Crippen LogP contribution in [0, 0.1) is 0 Å². The van der Waals surface area contributed by atoms with Gasteiger partial charge in [0.15, 0.2) is 0 Å². The minimum Gasteiger partial charge on any atom is -0.380 e. The summed E-state index contributed by atoms with van der Waals surface area (Å²) in [5, 5.41) is 3.92. The van der Waals surface area contributed by atoms with E-state index in [0.29, 0.717) is 11.6 Å². The van der Waals surface area contributed by atoms with E-state index in [1.165, 1.54) is 11.1 Å². The van der Waals surface area contributed by atoms with Crippen molar-refractivity contribution in [3.63, 3.8) is 0 Å². The number of halogens is 1. The van der Waals surface area contributed by atoms with Crippen LogP contribution in [-0.4, -0.2) is 11.5 Å². The van der Waals surface area contributed by atoms with Crippen molar-refractivity contribution < 1.29 is 0 Å². The first-order valence-corrected chi connectivity index (χ1v) is 6.28. The Balaban J connectivity index is 1.96. The number of hydrogen-bond donors (Lipinski definition) is 2. The molecule has 1 aromatic heterocycles. The van der Waals surface area contributed by atoms with Crippen molar-refractivity contribution in [1.29, 1.82) is 0 Å². The third kappa shape index (κ3) is 3.45. The highest BCUT2D eigenvalue weighted by atomic mass is 35.5. The summed E-state index contributed by atoms with van der Waals surface area (Å²) >= 11 is 6.02. The van der Waals surface area contributed by atoms with Gasteiger partial charge in [-0.3, -0.25) is 4.98 Å². The van der Waals surface area contributed by atoms with Crippen molar-refractivity contribution >= 4 is 17.3 Å². The second kappa shape index (κ2) is 6.38. The zero-order valence-corrected chi connectivity index (χ0v) is 10.8. The first-order chi connectivity index (χ1) is 8.79. The summed E-state index contributed by atoms with van der Waals surface area (Å²) in [4.78, 5) is 3.95. The standard InChI is InChI=1S/C14H16ClN3/c15-13-10-17-8-6-14(13)18-9-12-3-1-11(2-4-12)5-7-16/h1-4,6,8,10H,5,7,9,16H2,(H,17,18). The molecule has 2 rings (SSSR count). The van der Waals surface area contributed by atoms with Crippen LogP contribution < -0.4 is 11.1 Å². The first-order valence-electron chi connectivity index (χ1n) is 5.91. The molecule has 3 N–H and O–H groups in total. The van der Waals surface area contributed by atoms with Crippen molar-refractivity contribution in [3.8, 4) is 0 Å². The van der Waals surface area contributed by atoms with Crippen LogP contribution in [0.15, 0.2) is 42.7 Å². The molecule has 1 heterocycles. The third-order valence-electron chi connectivity index (χ3n) is 2.71. The van der Waals surface area contributed by atoms with Gasteiger partial charge in [-0.1, -0.05) is 35.9 Å². The molecule has 0 aliphatic carbocycles. The third-order valence-corrected chi connectivity index (χ3v) is 3.01. The number of rotatable bonds is 5. The summed E-state index contributed by atoms with van der Waals surface area (Å²) in [5.41, 5.74) is 8.90. The van der Waals surface area contributed by atoms with Crippen molar-refractivity contribution in [2.75, 3.05) is 11.9 Å². The van der Waals surface area contributed by atoms with Gasteiger partial charge in [-0.15, -0.1) is 0 Å². The Morgan fingerprint density at radius 2 is 1.83 bits per heavy atom. The van der Waals surface area contributed by atoms with Gasteiger partial charge in [-0.05, 0) is 30.2 Å². The molecule has 4 heteroatoms. The molecular formula is C14H16ClN3. The van der Waals surface area contributed by atoms with Crippen molar-refractivity contribution in [2.24, 2.45) is 5.73 Å². The second-order valence-electron chi connectivity index (χ2n) is 4.06. The summed E-state index contributed by atoms with van der Waals surface area (Å²) in [5.74, 6) is 0. The van der Waals surface area contributed by atoms with E-state index in [2.05, 4.69) is 34.6 Å². The maximum atomic E-state index is 6.02. The highest BCUT2D eigenvalue weighted by Gasteiger charge is 1.99. The first kappa shape index (κ1) is 12.9. The van der Waals surface area contributed by atoms with Crippen LogP contribution >= 0.6 is 11.6 Å². The molecule has 0 saturated carbocycles. The van der Waals surface area contributed by atoms with E-state index in [4.69, 9.17) is 17.3 Å². The Kier molecular flexibility index (Phi) is 4.56. The van der Waals surface area contributed by atoms with Gasteiger partial charge in [0, 0.05) is 18.9 Å².